The molecular formula is C20H25Cl2NO4. The summed E-state index contributed by atoms with van der Waals surface area (Å²) < 4.78 is 16.8. The van der Waals surface area contributed by atoms with Crippen LogP contribution in [0.2, 0.25) is 10.0 Å². The van der Waals surface area contributed by atoms with Crippen LogP contribution in [0.1, 0.15) is 37.7 Å². The second-order valence-corrected chi connectivity index (χ2v) is 8.44. The minimum Gasteiger partial charge on any atom is -0.497 e. The van der Waals surface area contributed by atoms with Crippen LogP contribution in [0.4, 0.5) is 0 Å². The molecule has 1 aromatic carbocycles. The summed E-state index contributed by atoms with van der Waals surface area (Å²) in [5.74, 6) is 0.388. The molecule has 7 heteroatoms. The van der Waals surface area contributed by atoms with Crippen molar-refractivity contribution in [1.82, 2.24) is 4.90 Å². The van der Waals surface area contributed by atoms with Gasteiger partial charge in [0, 0.05) is 41.4 Å². The van der Waals surface area contributed by atoms with Gasteiger partial charge in [-0.25, -0.2) is 0 Å². The lowest BCUT2D eigenvalue weighted by atomic mass is 9.89. The molecule has 0 unspecified atom stereocenters. The van der Waals surface area contributed by atoms with Crippen LogP contribution in [0, 0.1) is 5.92 Å². The number of halogens is 2. The van der Waals surface area contributed by atoms with E-state index in [0.717, 1.165) is 44.2 Å². The Morgan fingerprint density at radius 3 is 2.37 bits per heavy atom. The van der Waals surface area contributed by atoms with Gasteiger partial charge < -0.3 is 19.1 Å². The summed E-state index contributed by atoms with van der Waals surface area (Å²) in [5.41, 5.74) is 0.828. The molecule has 3 fully saturated rings. The number of ether oxygens (including phenoxy) is 3. The molecule has 0 aromatic heterocycles. The van der Waals surface area contributed by atoms with Crippen molar-refractivity contribution in [1.29, 1.82) is 0 Å². The average molecular weight is 414 g/mol. The van der Waals surface area contributed by atoms with Crippen LogP contribution in [-0.4, -0.2) is 49.5 Å². The highest BCUT2D eigenvalue weighted by Gasteiger charge is 2.44. The van der Waals surface area contributed by atoms with Crippen LogP contribution >= 0.6 is 23.2 Å². The van der Waals surface area contributed by atoms with Gasteiger partial charge in [0.05, 0.1) is 20.3 Å². The van der Waals surface area contributed by atoms with Gasteiger partial charge in [0.25, 0.3) is 0 Å². The number of carbonyl (C=O) groups excluding carboxylic acids is 1. The minimum atomic E-state index is -0.386. The molecule has 1 amide bonds. The molecule has 1 saturated carbocycles. The van der Waals surface area contributed by atoms with Gasteiger partial charge in [0.1, 0.15) is 5.75 Å². The van der Waals surface area contributed by atoms with Crippen molar-refractivity contribution in [3.05, 3.63) is 27.7 Å². The van der Waals surface area contributed by atoms with E-state index < -0.39 is 0 Å². The van der Waals surface area contributed by atoms with Crippen LogP contribution in [0.15, 0.2) is 12.1 Å². The number of likely N-dealkylation sites (tertiary alicyclic amines) is 1. The van der Waals surface area contributed by atoms with Gasteiger partial charge in [-0.3, -0.25) is 4.79 Å². The van der Waals surface area contributed by atoms with Crippen LogP contribution in [0.3, 0.4) is 0 Å². The monoisotopic (exact) mass is 413 g/mol. The van der Waals surface area contributed by atoms with Crippen molar-refractivity contribution in [2.24, 2.45) is 5.92 Å². The molecule has 0 radical (unpaired) electrons. The van der Waals surface area contributed by atoms with Crippen molar-refractivity contribution in [2.75, 3.05) is 26.9 Å². The summed E-state index contributed by atoms with van der Waals surface area (Å²) in [6.07, 6.45) is 5.00. The molecule has 5 nitrogen and oxygen atoms in total. The standard InChI is InChI=1S/C20H25Cl2NO4/c1-25-15-11-17(21)16(18(22)12-15)10-13-4-7-23(19(13)24)14-2-5-20(6-3-14)26-8-9-27-20/h11-14H,2-10H2,1H3/t13-/m1/s1. The van der Waals surface area contributed by atoms with Gasteiger partial charge in [0.15, 0.2) is 5.79 Å². The maximum absolute atomic E-state index is 13.0. The molecule has 2 heterocycles. The van der Waals surface area contributed by atoms with E-state index in [1.165, 1.54) is 0 Å². The lowest BCUT2D eigenvalue weighted by Crippen LogP contribution is -2.45. The fourth-order valence-corrected chi connectivity index (χ4v) is 5.22. The number of hydrogen-bond acceptors (Lipinski definition) is 4. The molecule has 1 atom stereocenters. The van der Waals surface area contributed by atoms with E-state index in [0.29, 0.717) is 35.4 Å². The third-order valence-electron chi connectivity index (χ3n) is 6.12. The number of nitrogens with zero attached hydrogens (tertiary/aromatic N) is 1. The summed E-state index contributed by atoms with van der Waals surface area (Å²) in [5, 5.41) is 1.11. The Morgan fingerprint density at radius 2 is 1.78 bits per heavy atom. The molecular weight excluding hydrogens is 389 g/mol. The lowest BCUT2D eigenvalue weighted by Gasteiger charge is -2.39. The zero-order valence-electron chi connectivity index (χ0n) is 15.5. The molecule has 3 aliphatic rings. The highest BCUT2D eigenvalue weighted by Crippen LogP contribution is 2.40. The summed E-state index contributed by atoms with van der Waals surface area (Å²) in [6, 6.07) is 3.78. The molecule has 2 aliphatic heterocycles. The van der Waals surface area contributed by atoms with Crippen LogP contribution in [-0.2, 0) is 20.7 Å². The van der Waals surface area contributed by atoms with Gasteiger partial charge in [-0.15, -0.1) is 0 Å². The molecule has 1 aliphatic carbocycles. The van der Waals surface area contributed by atoms with E-state index >= 15 is 0 Å². The van der Waals surface area contributed by atoms with E-state index in [9.17, 15) is 4.79 Å². The first-order chi connectivity index (χ1) is 13.0. The Bertz CT molecular complexity index is 687. The number of amides is 1. The van der Waals surface area contributed by atoms with Gasteiger partial charge in [-0.2, -0.15) is 0 Å². The van der Waals surface area contributed by atoms with Gasteiger partial charge in [-0.05, 0) is 43.4 Å². The zero-order chi connectivity index (χ0) is 19.0. The molecule has 0 bridgehead atoms. The first-order valence-corrected chi connectivity index (χ1v) is 10.4. The zero-order valence-corrected chi connectivity index (χ0v) is 17.0. The first-order valence-electron chi connectivity index (χ1n) is 9.62. The molecule has 0 N–H and O–H groups in total. The van der Waals surface area contributed by atoms with Crippen molar-refractivity contribution in [3.8, 4) is 5.75 Å². The van der Waals surface area contributed by atoms with Gasteiger partial charge >= 0.3 is 0 Å². The first kappa shape index (κ1) is 19.3. The second kappa shape index (κ2) is 7.78. The third kappa shape index (κ3) is 3.80. The predicted octanol–water partition coefficient (Wildman–Crippen LogP) is 4.08. The molecule has 4 rings (SSSR count). The topological polar surface area (TPSA) is 48.0 Å². The van der Waals surface area contributed by atoms with E-state index in [4.69, 9.17) is 37.4 Å². The number of methoxy groups -OCH3 is 1. The normalized spacial score (nSPS) is 25.5. The second-order valence-electron chi connectivity index (χ2n) is 7.63. The maximum Gasteiger partial charge on any atom is 0.226 e. The Kier molecular flexibility index (Phi) is 5.57. The highest BCUT2D eigenvalue weighted by atomic mass is 35.5. The van der Waals surface area contributed by atoms with Crippen LogP contribution < -0.4 is 4.74 Å². The Balaban J connectivity index is 1.39. The van der Waals surface area contributed by atoms with E-state index in [2.05, 4.69) is 4.90 Å². The minimum absolute atomic E-state index is 0.0664. The number of rotatable bonds is 4. The molecule has 1 aromatic rings. The van der Waals surface area contributed by atoms with Crippen molar-refractivity contribution < 1.29 is 19.0 Å². The van der Waals surface area contributed by atoms with E-state index in [1.54, 1.807) is 19.2 Å². The number of hydrogen-bond donors (Lipinski definition) is 0. The fourth-order valence-electron chi connectivity index (χ4n) is 4.59. The molecule has 2 saturated heterocycles. The summed E-state index contributed by atoms with van der Waals surface area (Å²) >= 11 is 12.8. The summed E-state index contributed by atoms with van der Waals surface area (Å²) in [7, 11) is 1.58. The van der Waals surface area contributed by atoms with E-state index in [-0.39, 0.29) is 23.7 Å². The maximum atomic E-state index is 13.0. The Hall–Kier alpha value is -1.01. The van der Waals surface area contributed by atoms with Crippen LogP contribution in [0.25, 0.3) is 0 Å². The average Bonchev–Trinajstić information content (AvgIpc) is 3.26. The number of carbonyl (C=O) groups is 1. The van der Waals surface area contributed by atoms with Gasteiger partial charge in [-0.1, -0.05) is 23.2 Å². The van der Waals surface area contributed by atoms with Crippen molar-refractivity contribution in [3.63, 3.8) is 0 Å². The Labute approximate surface area is 169 Å². The largest absolute Gasteiger partial charge is 0.497 e. The fraction of sp³-hybridized carbons (Fsp3) is 0.650. The molecule has 1 spiro atoms. The van der Waals surface area contributed by atoms with Crippen LogP contribution in [0.5, 0.6) is 5.75 Å². The number of benzene rings is 1. The highest BCUT2D eigenvalue weighted by molar-refractivity contribution is 6.36. The smallest absolute Gasteiger partial charge is 0.226 e. The van der Waals surface area contributed by atoms with E-state index in [1.807, 2.05) is 0 Å². The predicted molar refractivity (Wildman–Crippen MR) is 103 cm³/mol. The summed E-state index contributed by atoms with van der Waals surface area (Å²) in [4.78, 5) is 15.1. The van der Waals surface area contributed by atoms with Gasteiger partial charge in [0.2, 0.25) is 5.91 Å². The lowest BCUT2D eigenvalue weighted by molar-refractivity contribution is -0.184. The Morgan fingerprint density at radius 1 is 1.15 bits per heavy atom. The quantitative estimate of drug-likeness (QED) is 0.745. The summed E-state index contributed by atoms with van der Waals surface area (Å²) in [6.45, 7) is 2.16. The molecule has 27 heavy (non-hydrogen) atoms. The van der Waals surface area contributed by atoms with Crippen molar-refractivity contribution >= 4 is 29.1 Å². The third-order valence-corrected chi connectivity index (χ3v) is 6.80. The molecule has 148 valence electrons. The van der Waals surface area contributed by atoms with Crippen molar-refractivity contribution in [2.45, 2.75) is 50.4 Å². The SMILES string of the molecule is COc1cc(Cl)c(C[C@H]2CCN(C3CCC4(CC3)OCCO4)C2=O)c(Cl)c1.